The van der Waals surface area contributed by atoms with Gasteiger partial charge in [-0.3, -0.25) is 9.69 Å². The maximum Gasteiger partial charge on any atom is 0.276 e. The Morgan fingerprint density at radius 1 is 1.22 bits per heavy atom. The topological polar surface area (TPSA) is 32.8 Å². The molecule has 27 heavy (non-hydrogen) atoms. The molecule has 3 rings (SSSR count). The standard InChI is InChI=1S/C20H18BrFN2O2S/c1-3-24-19(25)17(23(2)20(24)27)11-14-10-15(21)6-9-18(14)26-12-13-4-7-16(22)8-5-13/h4-11H,3,12H2,1-2H3/b17-11-. The first kappa shape index (κ1) is 19.5. The van der Waals surface area contributed by atoms with Crippen molar-refractivity contribution in [3.63, 3.8) is 0 Å². The van der Waals surface area contributed by atoms with Gasteiger partial charge in [-0.25, -0.2) is 4.39 Å². The summed E-state index contributed by atoms with van der Waals surface area (Å²) in [5, 5.41) is 0.484. The number of carbonyl (C=O) groups excluding carboxylic acids is 1. The molecule has 1 saturated heterocycles. The van der Waals surface area contributed by atoms with E-state index >= 15 is 0 Å². The largest absolute Gasteiger partial charge is 0.488 e. The van der Waals surface area contributed by atoms with Crippen molar-refractivity contribution < 1.29 is 13.9 Å². The summed E-state index contributed by atoms with van der Waals surface area (Å²) in [6.45, 7) is 2.70. The molecule has 0 saturated carbocycles. The van der Waals surface area contributed by atoms with E-state index in [4.69, 9.17) is 17.0 Å². The van der Waals surface area contributed by atoms with Crippen LogP contribution in [0.1, 0.15) is 18.1 Å². The lowest BCUT2D eigenvalue weighted by Crippen LogP contribution is -2.30. The molecule has 0 unspecified atom stereocenters. The van der Waals surface area contributed by atoms with Crippen LogP contribution in [0.5, 0.6) is 5.75 Å². The van der Waals surface area contributed by atoms with Crippen LogP contribution in [0.25, 0.3) is 6.08 Å². The number of benzene rings is 2. The van der Waals surface area contributed by atoms with Gasteiger partial charge < -0.3 is 9.64 Å². The summed E-state index contributed by atoms with van der Waals surface area (Å²) in [5.74, 6) is 0.207. The molecule has 0 radical (unpaired) electrons. The highest BCUT2D eigenvalue weighted by molar-refractivity contribution is 9.10. The van der Waals surface area contributed by atoms with Crippen molar-refractivity contribution in [2.45, 2.75) is 13.5 Å². The molecule has 1 fully saturated rings. The van der Waals surface area contributed by atoms with Crippen LogP contribution in [-0.2, 0) is 11.4 Å². The number of halogens is 2. The van der Waals surface area contributed by atoms with E-state index in [1.165, 1.54) is 12.1 Å². The number of rotatable bonds is 5. The molecule has 0 atom stereocenters. The second kappa shape index (κ2) is 8.19. The Bertz CT molecular complexity index is 915. The number of thiocarbonyl (C=S) groups is 1. The number of hydrogen-bond donors (Lipinski definition) is 0. The van der Waals surface area contributed by atoms with E-state index in [1.807, 2.05) is 25.1 Å². The highest BCUT2D eigenvalue weighted by atomic mass is 79.9. The van der Waals surface area contributed by atoms with Crippen molar-refractivity contribution in [2.75, 3.05) is 13.6 Å². The van der Waals surface area contributed by atoms with Gasteiger partial charge in [-0.1, -0.05) is 28.1 Å². The number of carbonyl (C=O) groups is 1. The first-order valence-electron chi connectivity index (χ1n) is 8.38. The Morgan fingerprint density at radius 3 is 2.56 bits per heavy atom. The summed E-state index contributed by atoms with van der Waals surface area (Å²) >= 11 is 8.79. The molecule has 0 aliphatic carbocycles. The van der Waals surface area contributed by atoms with Crippen LogP contribution in [0, 0.1) is 5.82 Å². The molecule has 1 aliphatic heterocycles. The smallest absolute Gasteiger partial charge is 0.276 e. The van der Waals surface area contributed by atoms with Crippen molar-refractivity contribution in [1.29, 1.82) is 0 Å². The summed E-state index contributed by atoms with van der Waals surface area (Å²) in [5.41, 5.74) is 2.10. The fraction of sp³-hybridized carbons (Fsp3) is 0.200. The second-order valence-electron chi connectivity index (χ2n) is 6.02. The van der Waals surface area contributed by atoms with E-state index < -0.39 is 0 Å². The van der Waals surface area contributed by atoms with E-state index in [2.05, 4.69) is 15.9 Å². The van der Waals surface area contributed by atoms with Gasteiger partial charge in [0.2, 0.25) is 0 Å². The molecular formula is C20H18BrFN2O2S. The van der Waals surface area contributed by atoms with Crippen LogP contribution in [0.15, 0.2) is 52.6 Å². The van der Waals surface area contributed by atoms with Crippen LogP contribution in [0.2, 0.25) is 0 Å². The van der Waals surface area contributed by atoms with Crippen LogP contribution < -0.4 is 4.74 Å². The molecule has 1 heterocycles. The number of ether oxygens (including phenoxy) is 1. The highest BCUT2D eigenvalue weighted by Crippen LogP contribution is 2.29. The number of amides is 1. The van der Waals surface area contributed by atoms with Gasteiger partial charge in [0.1, 0.15) is 23.9 Å². The van der Waals surface area contributed by atoms with Gasteiger partial charge in [0.05, 0.1) is 0 Å². The third kappa shape index (κ3) is 4.20. The molecule has 1 amide bonds. The monoisotopic (exact) mass is 448 g/mol. The van der Waals surface area contributed by atoms with E-state index in [0.29, 0.717) is 29.7 Å². The summed E-state index contributed by atoms with van der Waals surface area (Å²) in [4.78, 5) is 15.9. The van der Waals surface area contributed by atoms with Crippen LogP contribution in [0.4, 0.5) is 4.39 Å². The molecule has 2 aromatic carbocycles. The zero-order chi connectivity index (χ0) is 19.6. The lowest BCUT2D eigenvalue weighted by molar-refractivity contribution is -0.122. The molecule has 0 aromatic heterocycles. The summed E-state index contributed by atoms with van der Waals surface area (Å²) in [6, 6.07) is 11.7. The van der Waals surface area contributed by atoms with Gasteiger partial charge in [-0.2, -0.15) is 0 Å². The quantitative estimate of drug-likeness (QED) is 0.494. The van der Waals surface area contributed by atoms with E-state index in [9.17, 15) is 9.18 Å². The molecule has 140 valence electrons. The predicted octanol–water partition coefficient (Wildman–Crippen LogP) is 4.59. The predicted molar refractivity (Wildman–Crippen MR) is 111 cm³/mol. The molecular weight excluding hydrogens is 431 g/mol. The summed E-state index contributed by atoms with van der Waals surface area (Å²) in [7, 11) is 1.78. The average Bonchev–Trinajstić information content (AvgIpc) is 2.85. The van der Waals surface area contributed by atoms with E-state index in [-0.39, 0.29) is 11.7 Å². The third-order valence-corrected chi connectivity index (χ3v) is 5.22. The zero-order valence-corrected chi connectivity index (χ0v) is 17.3. The van der Waals surface area contributed by atoms with Crippen LogP contribution in [-0.4, -0.2) is 34.4 Å². The van der Waals surface area contributed by atoms with Crippen molar-refractivity contribution >= 4 is 45.2 Å². The van der Waals surface area contributed by atoms with Gasteiger partial charge in [-0.05, 0) is 61.1 Å². The Balaban J connectivity index is 1.89. The first-order chi connectivity index (χ1) is 12.9. The van der Waals surface area contributed by atoms with Crippen molar-refractivity contribution in [2.24, 2.45) is 0 Å². The normalized spacial score (nSPS) is 15.8. The molecule has 7 heteroatoms. The van der Waals surface area contributed by atoms with Gasteiger partial charge in [0, 0.05) is 23.6 Å². The Kier molecular flexibility index (Phi) is 5.92. The number of nitrogens with zero attached hydrogens (tertiary/aromatic N) is 2. The van der Waals surface area contributed by atoms with E-state index in [1.54, 1.807) is 35.1 Å². The molecule has 2 aromatic rings. The molecule has 0 bridgehead atoms. The minimum absolute atomic E-state index is 0.130. The van der Waals surface area contributed by atoms with Crippen LogP contribution >= 0.6 is 28.1 Å². The molecule has 0 N–H and O–H groups in total. The minimum atomic E-state index is -0.285. The number of hydrogen-bond acceptors (Lipinski definition) is 3. The molecule has 1 aliphatic rings. The van der Waals surface area contributed by atoms with E-state index in [0.717, 1.165) is 15.6 Å². The SMILES string of the molecule is CCN1C(=O)/C(=C/c2cc(Br)ccc2OCc2ccc(F)cc2)N(C)C1=S. The van der Waals surface area contributed by atoms with Crippen molar-refractivity contribution in [1.82, 2.24) is 9.80 Å². The zero-order valence-electron chi connectivity index (χ0n) is 14.9. The third-order valence-electron chi connectivity index (χ3n) is 4.23. The average molecular weight is 449 g/mol. The maximum absolute atomic E-state index is 13.0. The lowest BCUT2D eigenvalue weighted by atomic mass is 10.1. The summed E-state index contributed by atoms with van der Waals surface area (Å²) in [6.07, 6.45) is 1.77. The van der Waals surface area contributed by atoms with Crippen molar-refractivity contribution in [3.05, 3.63) is 69.6 Å². The van der Waals surface area contributed by atoms with Gasteiger partial charge >= 0.3 is 0 Å². The first-order valence-corrected chi connectivity index (χ1v) is 9.59. The minimum Gasteiger partial charge on any atom is -0.488 e. The highest BCUT2D eigenvalue weighted by Gasteiger charge is 2.34. The van der Waals surface area contributed by atoms with Gasteiger partial charge in [0.15, 0.2) is 5.11 Å². The fourth-order valence-electron chi connectivity index (χ4n) is 2.74. The Labute approximate surface area is 171 Å². The maximum atomic E-state index is 13.0. The molecule has 4 nitrogen and oxygen atoms in total. The molecule has 0 spiro atoms. The van der Waals surface area contributed by atoms with Gasteiger partial charge in [0.25, 0.3) is 5.91 Å². The Morgan fingerprint density at radius 2 is 1.93 bits per heavy atom. The fourth-order valence-corrected chi connectivity index (χ4v) is 3.43. The van der Waals surface area contributed by atoms with Gasteiger partial charge in [-0.15, -0.1) is 0 Å². The Hall–Kier alpha value is -2.25. The lowest BCUT2D eigenvalue weighted by Gasteiger charge is -2.14. The summed E-state index contributed by atoms with van der Waals surface area (Å²) < 4.78 is 19.8. The van der Waals surface area contributed by atoms with Crippen molar-refractivity contribution in [3.8, 4) is 5.75 Å². The second-order valence-corrected chi connectivity index (χ2v) is 7.30. The number of likely N-dealkylation sites (N-methyl/N-ethyl adjacent to an activating group) is 2. The van der Waals surface area contributed by atoms with Crippen LogP contribution in [0.3, 0.4) is 0 Å².